The van der Waals surface area contributed by atoms with Crippen LogP contribution in [0.15, 0.2) is 42.2 Å². The Hall–Kier alpha value is -2.75. The van der Waals surface area contributed by atoms with Gasteiger partial charge in [-0.3, -0.25) is 4.79 Å². The van der Waals surface area contributed by atoms with Gasteiger partial charge in [0.05, 0.1) is 45.0 Å². The summed E-state index contributed by atoms with van der Waals surface area (Å²) >= 11 is 0. The Labute approximate surface area is 324 Å². The Kier molecular flexibility index (Phi) is 9.82. The molecule has 1 aromatic heterocycles. The van der Waals surface area contributed by atoms with Crippen molar-refractivity contribution in [3.63, 3.8) is 0 Å². The van der Waals surface area contributed by atoms with Crippen LogP contribution in [0, 0.1) is 62.6 Å². The fourth-order valence-corrected chi connectivity index (χ4v) is 13.0. The van der Waals surface area contributed by atoms with Crippen molar-refractivity contribution < 1.29 is 24.1 Å². The molecule has 0 spiro atoms. The van der Waals surface area contributed by atoms with Crippen LogP contribution >= 0.6 is 0 Å². The second-order valence-corrected chi connectivity index (χ2v) is 20.3. The number of ether oxygens (including phenoxy) is 3. The first-order valence-corrected chi connectivity index (χ1v) is 20.8. The number of aliphatic carboxylic acids is 1. The molecule has 9 heteroatoms. The Morgan fingerprint density at radius 1 is 1.09 bits per heavy atom. The SMILES string of the molecule is COc1cccc(-c2ncnn2[C@@H]2C[C@@]34COC[C@](C)([C@@H]3CC[C@H]3C4=CC[C@@]4(C)[C@H](C(=O)O)[C@@](C)([C@H](C)C(C)C)CC[C@]34C)[C@H]2OC[C@](C)(N)C(C)C)c1. The highest BCUT2D eigenvalue weighted by Crippen LogP contribution is 2.75. The van der Waals surface area contributed by atoms with Crippen molar-refractivity contribution in [3.05, 3.63) is 42.2 Å². The van der Waals surface area contributed by atoms with Crippen LogP contribution in [0.1, 0.15) is 114 Å². The van der Waals surface area contributed by atoms with Crippen LogP contribution in [0.25, 0.3) is 11.4 Å². The number of carboxylic acids is 1. The molecule has 7 rings (SSSR count). The fraction of sp³-hybridized carbons (Fsp3) is 0.756. The van der Waals surface area contributed by atoms with E-state index in [-0.39, 0.29) is 51.1 Å². The number of hydrogen-bond donors (Lipinski definition) is 2. The zero-order valence-corrected chi connectivity index (χ0v) is 34.9. The van der Waals surface area contributed by atoms with Crippen molar-refractivity contribution in [1.82, 2.24) is 14.8 Å². The van der Waals surface area contributed by atoms with Crippen LogP contribution in [0.5, 0.6) is 5.75 Å². The smallest absolute Gasteiger partial charge is 0.307 e. The van der Waals surface area contributed by atoms with Gasteiger partial charge in [-0.1, -0.05) is 86.1 Å². The Bertz CT molecular complexity index is 1770. The largest absolute Gasteiger partial charge is 0.497 e. The normalized spacial score (nSPS) is 40.6. The van der Waals surface area contributed by atoms with Gasteiger partial charge in [0.15, 0.2) is 5.82 Å². The summed E-state index contributed by atoms with van der Waals surface area (Å²) in [6.07, 6.45) is 9.62. The van der Waals surface area contributed by atoms with Crippen molar-refractivity contribution in [2.75, 3.05) is 26.9 Å². The van der Waals surface area contributed by atoms with Crippen molar-refractivity contribution in [3.8, 4) is 17.1 Å². The number of benzene rings is 1. The number of fused-ring (bicyclic) bond motifs is 3. The van der Waals surface area contributed by atoms with Crippen LogP contribution in [0.4, 0.5) is 0 Å². The molecule has 5 aliphatic rings. The number of carbonyl (C=O) groups is 1. The number of aromatic nitrogens is 3. The third-order valence-corrected chi connectivity index (χ3v) is 17.2. The molecule has 4 aliphatic carbocycles. The summed E-state index contributed by atoms with van der Waals surface area (Å²) < 4.78 is 21.7. The van der Waals surface area contributed by atoms with Gasteiger partial charge in [-0.05, 0) is 103 Å². The van der Waals surface area contributed by atoms with Gasteiger partial charge in [-0.2, -0.15) is 5.10 Å². The molecule has 3 N–H and O–H groups in total. The highest BCUT2D eigenvalue weighted by Gasteiger charge is 2.72. The standard InChI is InChI=1S/C45H68N4O5/c1-27(2)29(5)40(6)19-20-42(8)32-15-16-35-41(7)23-53-25-45(35,33(32)17-18-43(42,9)36(40)39(50)51)22-34(37(41)54-24-44(10,46)28(3)4)49-38(47-26-48-49)30-13-12-14-31(21-30)52-11/h12-14,17,21,26-29,32,34-37H,15-16,18-20,22-25,46H2,1-11H3,(H,50,51)/t29-,32+,34-,35+,36-,37+,40-,41-,42-,43+,44+,45+/m1/s1. The van der Waals surface area contributed by atoms with E-state index in [9.17, 15) is 9.90 Å². The lowest BCUT2D eigenvalue weighted by Gasteiger charge is -2.71. The van der Waals surface area contributed by atoms with E-state index in [1.807, 2.05) is 18.2 Å². The van der Waals surface area contributed by atoms with Gasteiger partial charge in [0.25, 0.3) is 0 Å². The monoisotopic (exact) mass is 745 g/mol. The molecule has 298 valence electrons. The van der Waals surface area contributed by atoms with E-state index in [1.165, 1.54) is 5.57 Å². The third kappa shape index (κ3) is 5.59. The van der Waals surface area contributed by atoms with Crippen LogP contribution in [-0.4, -0.2) is 64.4 Å². The minimum absolute atomic E-state index is 0.129. The predicted octanol–water partition coefficient (Wildman–Crippen LogP) is 8.84. The molecule has 1 aliphatic heterocycles. The quantitative estimate of drug-likeness (QED) is 0.232. The van der Waals surface area contributed by atoms with Crippen LogP contribution < -0.4 is 10.5 Å². The van der Waals surface area contributed by atoms with E-state index in [0.29, 0.717) is 37.6 Å². The van der Waals surface area contributed by atoms with E-state index < -0.39 is 17.4 Å². The first kappa shape index (κ1) is 39.5. The number of allylic oxidation sites excluding steroid dienone is 1. The van der Waals surface area contributed by atoms with E-state index in [0.717, 1.165) is 55.7 Å². The first-order valence-electron chi connectivity index (χ1n) is 20.8. The molecule has 54 heavy (non-hydrogen) atoms. The van der Waals surface area contributed by atoms with Crippen molar-refractivity contribution in [1.29, 1.82) is 0 Å². The summed E-state index contributed by atoms with van der Waals surface area (Å²) in [4.78, 5) is 18.4. The maximum atomic E-state index is 13.6. The summed E-state index contributed by atoms with van der Waals surface area (Å²) in [5.41, 5.74) is 7.48. The Balaban J connectivity index is 1.36. The first-order chi connectivity index (χ1) is 25.3. The van der Waals surface area contributed by atoms with Gasteiger partial charge in [0, 0.05) is 21.9 Å². The molecule has 0 radical (unpaired) electrons. The lowest BCUT2D eigenvalue weighted by Crippen LogP contribution is -2.69. The zero-order chi connectivity index (χ0) is 39.2. The molecule has 12 atom stereocenters. The summed E-state index contributed by atoms with van der Waals surface area (Å²) in [6.45, 7) is 24.4. The molecule has 1 aromatic carbocycles. The summed E-state index contributed by atoms with van der Waals surface area (Å²) in [7, 11) is 1.69. The second-order valence-electron chi connectivity index (χ2n) is 20.3. The number of nitrogens with two attached hydrogens (primary N) is 1. The summed E-state index contributed by atoms with van der Waals surface area (Å²) in [6, 6.07) is 7.92. The van der Waals surface area contributed by atoms with Gasteiger partial charge >= 0.3 is 5.97 Å². The molecule has 1 saturated heterocycles. The van der Waals surface area contributed by atoms with Gasteiger partial charge in [0.1, 0.15) is 12.1 Å². The molecule has 4 fully saturated rings. The van der Waals surface area contributed by atoms with E-state index in [1.54, 1.807) is 13.4 Å². The van der Waals surface area contributed by atoms with Gasteiger partial charge in [-0.25, -0.2) is 9.67 Å². The molecular weight excluding hydrogens is 677 g/mol. The van der Waals surface area contributed by atoms with Crippen LogP contribution in [0.2, 0.25) is 0 Å². The lowest BCUT2D eigenvalue weighted by atomic mass is 9.34. The molecule has 2 bridgehead atoms. The van der Waals surface area contributed by atoms with E-state index in [2.05, 4.69) is 86.1 Å². The number of carboxylic acid groups (broad SMARTS) is 1. The Morgan fingerprint density at radius 3 is 2.50 bits per heavy atom. The van der Waals surface area contributed by atoms with Crippen molar-refractivity contribution in [2.45, 2.75) is 125 Å². The zero-order valence-electron chi connectivity index (χ0n) is 34.9. The maximum Gasteiger partial charge on any atom is 0.307 e. The molecule has 3 saturated carbocycles. The number of methoxy groups -OCH3 is 1. The third-order valence-electron chi connectivity index (χ3n) is 17.2. The van der Waals surface area contributed by atoms with Crippen LogP contribution in [-0.2, 0) is 14.3 Å². The maximum absolute atomic E-state index is 13.6. The lowest BCUT2D eigenvalue weighted by molar-refractivity contribution is -0.252. The van der Waals surface area contributed by atoms with Gasteiger partial charge in [0.2, 0.25) is 0 Å². The number of rotatable bonds is 10. The van der Waals surface area contributed by atoms with Crippen LogP contribution in [0.3, 0.4) is 0 Å². The van der Waals surface area contributed by atoms with Crippen molar-refractivity contribution >= 4 is 5.97 Å². The topological polar surface area (TPSA) is 122 Å². The minimum atomic E-state index is -0.627. The fourth-order valence-electron chi connectivity index (χ4n) is 13.0. The molecule has 0 unspecified atom stereocenters. The molecular formula is C45H68N4O5. The average Bonchev–Trinajstić information content (AvgIpc) is 3.61. The summed E-state index contributed by atoms with van der Waals surface area (Å²) in [5.74, 6) is 2.09. The van der Waals surface area contributed by atoms with Gasteiger partial charge < -0.3 is 25.1 Å². The van der Waals surface area contributed by atoms with E-state index in [4.69, 9.17) is 30.0 Å². The van der Waals surface area contributed by atoms with Gasteiger partial charge in [-0.15, -0.1) is 0 Å². The average molecular weight is 745 g/mol. The molecule has 0 amide bonds. The Morgan fingerprint density at radius 2 is 1.83 bits per heavy atom. The highest BCUT2D eigenvalue weighted by molar-refractivity contribution is 5.73. The predicted molar refractivity (Wildman–Crippen MR) is 212 cm³/mol. The number of hydrogen-bond acceptors (Lipinski definition) is 7. The second kappa shape index (κ2) is 13.4. The summed E-state index contributed by atoms with van der Waals surface area (Å²) in [5, 5.41) is 16.2. The van der Waals surface area contributed by atoms with Crippen molar-refractivity contribution in [2.24, 2.45) is 68.3 Å². The highest BCUT2D eigenvalue weighted by atomic mass is 16.5. The molecule has 2 heterocycles. The number of nitrogens with zero attached hydrogens (tertiary/aromatic N) is 3. The molecule has 2 aromatic rings. The molecule has 9 nitrogen and oxygen atoms in total. The minimum Gasteiger partial charge on any atom is -0.497 e. The van der Waals surface area contributed by atoms with E-state index >= 15 is 0 Å².